The van der Waals surface area contributed by atoms with Crippen LogP contribution in [0.3, 0.4) is 0 Å². The fraction of sp³-hybridized carbons (Fsp3) is 0.364. The first-order chi connectivity index (χ1) is 13.6. The lowest BCUT2D eigenvalue weighted by Gasteiger charge is -2.32. The van der Waals surface area contributed by atoms with Gasteiger partial charge in [0.25, 0.3) is 5.91 Å². The molecule has 2 aromatic rings. The smallest absolute Gasteiger partial charge is 0.252 e. The van der Waals surface area contributed by atoms with Gasteiger partial charge in [0.05, 0.1) is 12.1 Å². The van der Waals surface area contributed by atoms with E-state index in [1.54, 1.807) is 0 Å². The van der Waals surface area contributed by atoms with Crippen molar-refractivity contribution in [3.8, 4) is 0 Å². The van der Waals surface area contributed by atoms with Crippen LogP contribution in [-0.2, 0) is 11.2 Å². The van der Waals surface area contributed by atoms with Gasteiger partial charge in [-0.05, 0) is 59.0 Å². The molecule has 148 valence electrons. The highest BCUT2D eigenvalue weighted by molar-refractivity contribution is 9.10. The Morgan fingerprint density at radius 2 is 1.75 bits per heavy atom. The number of piperidine rings is 1. The molecule has 0 spiro atoms. The van der Waals surface area contributed by atoms with Gasteiger partial charge in [0, 0.05) is 29.3 Å². The van der Waals surface area contributed by atoms with Crippen LogP contribution in [0.1, 0.15) is 35.7 Å². The van der Waals surface area contributed by atoms with Crippen molar-refractivity contribution in [3.63, 3.8) is 0 Å². The van der Waals surface area contributed by atoms with E-state index in [1.165, 1.54) is 0 Å². The summed E-state index contributed by atoms with van der Waals surface area (Å²) in [5, 5.41) is 6.13. The fourth-order valence-corrected chi connectivity index (χ4v) is 3.95. The van der Waals surface area contributed by atoms with Crippen LogP contribution < -0.4 is 10.6 Å². The van der Waals surface area contributed by atoms with Crippen molar-refractivity contribution in [2.45, 2.75) is 32.2 Å². The summed E-state index contributed by atoms with van der Waals surface area (Å²) in [7, 11) is 0. The highest BCUT2D eigenvalue weighted by atomic mass is 79.9. The van der Waals surface area contributed by atoms with Crippen molar-refractivity contribution < 1.29 is 9.59 Å². The molecule has 1 fully saturated rings. The van der Waals surface area contributed by atoms with Crippen molar-refractivity contribution in [1.29, 1.82) is 0 Å². The number of likely N-dealkylation sites (tertiary alicyclic amines) is 1. The van der Waals surface area contributed by atoms with Crippen LogP contribution in [0.5, 0.6) is 0 Å². The number of anilines is 1. The number of halogens is 1. The molecular formula is C22H26BrN3O2. The Kier molecular flexibility index (Phi) is 7.23. The minimum Gasteiger partial charge on any atom is -0.349 e. The largest absolute Gasteiger partial charge is 0.349 e. The van der Waals surface area contributed by atoms with E-state index in [2.05, 4.69) is 38.4 Å². The average Bonchev–Trinajstić information content (AvgIpc) is 2.70. The summed E-state index contributed by atoms with van der Waals surface area (Å²) >= 11 is 3.42. The summed E-state index contributed by atoms with van der Waals surface area (Å²) in [4.78, 5) is 27.0. The number of amides is 2. The molecule has 2 aromatic carbocycles. The number of rotatable bonds is 6. The van der Waals surface area contributed by atoms with Gasteiger partial charge in [0.15, 0.2) is 0 Å². The third-order valence-corrected chi connectivity index (χ3v) is 5.77. The van der Waals surface area contributed by atoms with Gasteiger partial charge in [-0.15, -0.1) is 0 Å². The number of aryl methyl sites for hydroxylation is 1. The van der Waals surface area contributed by atoms with Gasteiger partial charge < -0.3 is 10.6 Å². The number of nitrogens with one attached hydrogen (secondary N) is 2. The van der Waals surface area contributed by atoms with E-state index < -0.39 is 0 Å². The molecule has 0 bridgehead atoms. The molecule has 0 atom stereocenters. The van der Waals surface area contributed by atoms with Gasteiger partial charge in [0.2, 0.25) is 5.91 Å². The number of hydrogen-bond donors (Lipinski definition) is 2. The minimum absolute atomic E-state index is 0.0107. The van der Waals surface area contributed by atoms with Crippen LogP contribution in [-0.4, -0.2) is 42.4 Å². The lowest BCUT2D eigenvalue weighted by Crippen LogP contribution is -2.46. The fourth-order valence-electron chi connectivity index (χ4n) is 3.49. The molecule has 0 radical (unpaired) electrons. The highest BCUT2D eigenvalue weighted by Gasteiger charge is 2.23. The van der Waals surface area contributed by atoms with E-state index in [0.717, 1.165) is 48.1 Å². The Morgan fingerprint density at radius 3 is 2.46 bits per heavy atom. The van der Waals surface area contributed by atoms with Gasteiger partial charge in [0.1, 0.15) is 0 Å². The third kappa shape index (κ3) is 5.42. The Hall–Kier alpha value is -2.18. The van der Waals surface area contributed by atoms with E-state index in [9.17, 15) is 9.59 Å². The third-order valence-electron chi connectivity index (χ3n) is 5.08. The van der Waals surface area contributed by atoms with E-state index >= 15 is 0 Å². The molecule has 0 aromatic heterocycles. The predicted molar refractivity (Wildman–Crippen MR) is 116 cm³/mol. The number of hydrogen-bond acceptors (Lipinski definition) is 3. The van der Waals surface area contributed by atoms with Crippen molar-refractivity contribution >= 4 is 33.4 Å². The van der Waals surface area contributed by atoms with Crippen LogP contribution >= 0.6 is 15.9 Å². The SMILES string of the molecule is CCc1ccccc1NC(=O)CN1CCC(NC(=O)c2ccccc2Br)CC1. The van der Waals surface area contributed by atoms with Crippen LogP contribution in [0.15, 0.2) is 53.0 Å². The molecule has 28 heavy (non-hydrogen) atoms. The summed E-state index contributed by atoms with van der Waals surface area (Å²) < 4.78 is 0.800. The van der Waals surface area contributed by atoms with Crippen molar-refractivity contribution in [2.75, 3.05) is 25.0 Å². The second kappa shape index (κ2) is 9.85. The zero-order valence-electron chi connectivity index (χ0n) is 16.1. The molecule has 2 amide bonds. The highest BCUT2D eigenvalue weighted by Crippen LogP contribution is 2.18. The van der Waals surface area contributed by atoms with Crippen LogP contribution in [0, 0.1) is 0 Å². The molecule has 1 saturated heterocycles. The zero-order chi connectivity index (χ0) is 19.9. The first kappa shape index (κ1) is 20.6. The van der Waals surface area contributed by atoms with Gasteiger partial charge in [-0.1, -0.05) is 37.3 Å². The summed E-state index contributed by atoms with van der Waals surface area (Å²) in [6.07, 6.45) is 2.57. The topological polar surface area (TPSA) is 61.4 Å². The number of carbonyl (C=O) groups excluding carboxylic acids is 2. The van der Waals surface area contributed by atoms with Crippen LogP contribution in [0.4, 0.5) is 5.69 Å². The average molecular weight is 444 g/mol. The summed E-state index contributed by atoms with van der Waals surface area (Å²) in [6.45, 7) is 4.05. The van der Waals surface area contributed by atoms with E-state index in [-0.39, 0.29) is 17.9 Å². The summed E-state index contributed by atoms with van der Waals surface area (Å²) in [6, 6.07) is 15.5. The maximum absolute atomic E-state index is 12.4. The normalized spacial score (nSPS) is 15.2. The Balaban J connectivity index is 1.46. The maximum Gasteiger partial charge on any atom is 0.252 e. The summed E-state index contributed by atoms with van der Waals surface area (Å²) in [5.41, 5.74) is 2.69. The molecule has 3 rings (SSSR count). The van der Waals surface area contributed by atoms with Crippen molar-refractivity contribution in [2.24, 2.45) is 0 Å². The second-order valence-corrected chi connectivity index (χ2v) is 7.92. The molecule has 1 heterocycles. The van der Waals surface area contributed by atoms with Gasteiger partial charge in [-0.2, -0.15) is 0 Å². The lowest BCUT2D eigenvalue weighted by atomic mass is 10.0. The van der Waals surface area contributed by atoms with Gasteiger partial charge in [-0.25, -0.2) is 0 Å². The molecule has 1 aliphatic heterocycles. The number of nitrogens with zero attached hydrogens (tertiary/aromatic N) is 1. The van der Waals surface area contributed by atoms with Crippen molar-refractivity contribution in [3.05, 3.63) is 64.1 Å². The number of carbonyl (C=O) groups is 2. The zero-order valence-corrected chi connectivity index (χ0v) is 17.7. The quantitative estimate of drug-likeness (QED) is 0.712. The van der Waals surface area contributed by atoms with Crippen molar-refractivity contribution in [1.82, 2.24) is 10.2 Å². The molecular weight excluding hydrogens is 418 g/mol. The Morgan fingerprint density at radius 1 is 1.07 bits per heavy atom. The Labute approximate surface area is 174 Å². The first-order valence-corrected chi connectivity index (χ1v) is 10.5. The van der Waals surface area contributed by atoms with Gasteiger partial charge in [-0.3, -0.25) is 14.5 Å². The van der Waals surface area contributed by atoms with E-state index in [4.69, 9.17) is 0 Å². The molecule has 2 N–H and O–H groups in total. The summed E-state index contributed by atoms with van der Waals surface area (Å²) in [5.74, 6) is -0.0450. The lowest BCUT2D eigenvalue weighted by molar-refractivity contribution is -0.117. The predicted octanol–water partition coefficient (Wildman–Crippen LogP) is 3.84. The second-order valence-electron chi connectivity index (χ2n) is 7.06. The number of para-hydroxylation sites is 1. The standard InChI is InChI=1S/C22H26BrN3O2/c1-2-16-7-3-6-10-20(16)25-21(27)15-26-13-11-17(12-14-26)24-22(28)18-8-4-5-9-19(18)23/h3-10,17H,2,11-15H2,1H3,(H,24,28)(H,25,27). The molecule has 1 aliphatic rings. The minimum atomic E-state index is -0.0557. The molecule has 0 unspecified atom stereocenters. The first-order valence-electron chi connectivity index (χ1n) is 9.72. The number of benzene rings is 2. The van der Waals surface area contributed by atoms with Crippen LogP contribution in [0.25, 0.3) is 0 Å². The van der Waals surface area contributed by atoms with Crippen LogP contribution in [0.2, 0.25) is 0 Å². The Bertz CT molecular complexity index is 832. The van der Waals surface area contributed by atoms with E-state index in [0.29, 0.717) is 12.1 Å². The van der Waals surface area contributed by atoms with Gasteiger partial charge >= 0.3 is 0 Å². The molecule has 5 nitrogen and oxygen atoms in total. The molecule has 0 aliphatic carbocycles. The maximum atomic E-state index is 12.4. The molecule has 0 saturated carbocycles. The monoisotopic (exact) mass is 443 g/mol. The molecule has 6 heteroatoms. The van der Waals surface area contributed by atoms with E-state index in [1.807, 2.05) is 48.5 Å².